The molecule has 0 N–H and O–H groups in total. The molecule has 4 saturated carbocycles. The molecule has 4 aliphatic carbocycles. The number of amides is 2. The summed E-state index contributed by atoms with van der Waals surface area (Å²) in [7, 11) is 0. The summed E-state index contributed by atoms with van der Waals surface area (Å²) in [6, 6.07) is 16.2. The van der Waals surface area contributed by atoms with E-state index in [0.717, 1.165) is 172 Å². The lowest BCUT2D eigenvalue weighted by molar-refractivity contribution is -0.142. The van der Waals surface area contributed by atoms with Crippen molar-refractivity contribution in [1.82, 2.24) is 47.9 Å². The maximum Gasteiger partial charge on any atom is 0.302 e. The van der Waals surface area contributed by atoms with Crippen molar-refractivity contribution >= 4 is 35.0 Å². The van der Waals surface area contributed by atoms with Gasteiger partial charge in [-0.1, -0.05) is 51.4 Å². The number of aryl methyl sites for hydroxylation is 2. The quantitative estimate of drug-likeness (QED) is 0.0297. The first-order chi connectivity index (χ1) is 42.8. The van der Waals surface area contributed by atoms with Gasteiger partial charge in [0.2, 0.25) is 5.88 Å². The second kappa shape index (κ2) is 29.6. The van der Waals surface area contributed by atoms with E-state index in [-0.39, 0.29) is 55.7 Å². The number of hydrogen-bond acceptors (Lipinski definition) is 13. The van der Waals surface area contributed by atoms with Crippen molar-refractivity contribution in [2.24, 2.45) is 23.7 Å². The van der Waals surface area contributed by atoms with Crippen LogP contribution >= 0.6 is 0 Å². The van der Waals surface area contributed by atoms with Crippen molar-refractivity contribution in [2.45, 2.75) is 175 Å². The Kier molecular flexibility index (Phi) is 21.1. The first-order valence-corrected chi connectivity index (χ1v) is 33.5. The number of pyridine rings is 4. The van der Waals surface area contributed by atoms with Crippen LogP contribution in [0.5, 0.6) is 5.88 Å². The molecule has 0 spiro atoms. The Labute approximate surface area is 519 Å². The van der Waals surface area contributed by atoms with Crippen molar-refractivity contribution in [3.05, 3.63) is 106 Å². The topological polar surface area (TPSA) is 178 Å². The van der Waals surface area contributed by atoms with E-state index in [9.17, 15) is 24.0 Å². The molecule has 472 valence electrons. The van der Waals surface area contributed by atoms with Gasteiger partial charge in [-0.2, -0.15) is 0 Å². The molecule has 2 aliphatic heterocycles. The summed E-state index contributed by atoms with van der Waals surface area (Å²) in [5.41, 5.74) is 8.53. The fraction of sp³-hybridized carbons (Fsp3) is 0.600. The van der Waals surface area contributed by atoms with Crippen LogP contribution in [0, 0.1) is 23.7 Å². The lowest BCUT2D eigenvalue weighted by Crippen LogP contribution is -2.33. The molecule has 6 aromatic heterocycles. The highest BCUT2D eigenvalue weighted by Crippen LogP contribution is 2.37. The van der Waals surface area contributed by atoms with E-state index in [2.05, 4.69) is 47.2 Å². The van der Waals surface area contributed by atoms with Gasteiger partial charge in [-0.25, -0.2) is 15.0 Å². The van der Waals surface area contributed by atoms with Crippen LogP contribution in [0.4, 0.5) is 0 Å². The Morgan fingerprint density at radius 2 is 1.00 bits per heavy atom. The van der Waals surface area contributed by atoms with Gasteiger partial charge in [0.05, 0.1) is 40.4 Å². The molecule has 0 aromatic carbocycles. The fourth-order valence-corrected chi connectivity index (χ4v) is 13.0. The Hall–Kier alpha value is -6.92. The molecule has 8 heterocycles. The standard InChI is InChI=1S/2C35H47N5O4/c1-25-5-3-17-37(25)18-4-6-31-34(29-12-14-33(42)39(23-29)21-22-44-26(2)41)36-32-13-11-30(24-40(31)32)35(43)38(19-15-27-7-8-27)20-16-28-9-10-28;1-25-5-3-17-38(25)18-4-6-31-34(29-12-14-33(36-23-29)44-22-21-43-26(2)41)37-32-13-11-30(24-40(31)32)35(42)39(19-15-27-7-8-27)20-16-28-9-10-28/h2*11-14,23-25,27-28H,3-10,15-22H2,1-2H3. The molecule has 18 heteroatoms. The molecule has 6 aromatic rings. The highest BCUT2D eigenvalue weighted by molar-refractivity contribution is 5.95. The minimum atomic E-state index is -0.367. The molecule has 6 fully saturated rings. The first-order valence-electron chi connectivity index (χ1n) is 33.5. The Balaban J connectivity index is 0.000000182. The zero-order chi connectivity index (χ0) is 61.1. The number of aromatic nitrogens is 6. The Morgan fingerprint density at radius 3 is 1.43 bits per heavy atom. The fourth-order valence-electron chi connectivity index (χ4n) is 13.0. The molecular formula is C70H94N10O8. The number of fused-ring (bicyclic) bond motifs is 2. The normalized spacial score (nSPS) is 18.6. The van der Waals surface area contributed by atoms with Gasteiger partial charge in [-0.15, -0.1) is 0 Å². The van der Waals surface area contributed by atoms with Gasteiger partial charge in [-0.05, 0) is 177 Å². The van der Waals surface area contributed by atoms with Crippen LogP contribution in [0.1, 0.15) is 175 Å². The zero-order valence-electron chi connectivity index (χ0n) is 52.8. The molecule has 88 heavy (non-hydrogen) atoms. The molecule has 2 saturated heterocycles. The van der Waals surface area contributed by atoms with Gasteiger partial charge in [0.25, 0.3) is 17.4 Å². The summed E-state index contributed by atoms with van der Waals surface area (Å²) in [6.07, 6.45) is 31.1. The van der Waals surface area contributed by atoms with E-state index >= 15 is 0 Å². The van der Waals surface area contributed by atoms with E-state index in [1.54, 1.807) is 16.8 Å². The summed E-state index contributed by atoms with van der Waals surface area (Å²) in [6.45, 7) is 16.0. The van der Waals surface area contributed by atoms with Crippen LogP contribution in [-0.4, -0.2) is 156 Å². The van der Waals surface area contributed by atoms with Gasteiger partial charge in [0, 0.05) is 100 Å². The van der Waals surface area contributed by atoms with Gasteiger partial charge in [0.1, 0.15) is 31.1 Å². The highest BCUT2D eigenvalue weighted by atomic mass is 16.6. The third-order valence-corrected chi connectivity index (χ3v) is 19.2. The lowest BCUT2D eigenvalue weighted by Gasteiger charge is -2.23. The van der Waals surface area contributed by atoms with Crippen LogP contribution in [0.25, 0.3) is 33.8 Å². The first kappa shape index (κ1) is 62.7. The zero-order valence-corrected chi connectivity index (χ0v) is 52.8. The predicted molar refractivity (Wildman–Crippen MR) is 340 cm³/mol. The number of carbonyl (C=O) groups excluding carboxylic acids is 4. The number of nitrogens with zero attached hydrogens (tertiary/aromatic N) is 10. The van der Waals surface area contributed by atoms with Crippen LogP contribution < -0.4 is 10.3 Å². The molecular weight excluding hydrogens is 1110 g/mol. The lowest BCUT2D eigenvalue weighted by atomic mass is 10.1. The second-order valence-corrected chi connectivity index (χ2v) is 26.2. The molecule has 0 bridgehead atoms. The third kappa shape index (κ3) is 17.3. The summed E-state index contributed by atoms with van der Waals surface area (Å²) >= 11 is 0. The summed E-state index contributed by atoms with van der Waals surface area (Å²) < 4.78 is 21.5. The molecule has 12 rings (SSSR count). The van der Waals surface area contributed by atoms with Crippen LogP contribution in [-0.2, 0) is 38.4 Å². The smallest absolute Gasteiger partial charge is 0.302 e. The number of carbonyl (C=O) groups is 4. The highest BCUT2D eigenvalue weighted by Gasteiger charge is 2.30. The largest absolute Gasteiger partial charge is 0.474 e. The van der Waals surface area contributed by atoms with E-state index in [4.69, 9.17) is 24.2 Å². The number of ether oxygens (including phenoxy) is 3. The molecule has 2 amide bonds. The van der Waals surface area contributed by atoms with Gasteiger partial charge >= 0.3 is 11.9 Å². The van der Waals surface area contributed by atoms with Crippen LogP contribution in [0.3, 0.4) is 0 Å². The van der Waals surface area contributed by atoms with Crippen LogP contribution in [0.15, 0.2) is 78.1 Å². The summed E-state index contributed by atoms with van der Waals surface area (Å²) in [5.74, 6) is 3.19. The number of rotatable bonds is 31. The molecule has 6 aliphatic rings. The van der Waals surface area contributed by atoms with Crippen molar-refractivity contribution in [1.29, 1.82) is 0 Å². The van der Waals surface area contributed by atoms with E-state index < -0.39 is 0 Å². The molecule has 2 atom stereocenters. The van der Waals surface area contributed by atoms with E-state index in [1.165, 1.54) is 97.4 Å². The number of imidazole rings is 2. The average Bonchev–Trinajstić information content (AvgIpc) is 1.81. The van der Waals surface area contributed by atoms with Gasteiger partial charge in [0.15, 0.2) is 0 Å². The third-order valence-electron chi connectivity index (χ3n) is 19.2. The predicted octanol–water partition coefficient (Wildman–Crippen LogP) is 11.0. The van der Waals surface area contributed by atoms with Crippen molar-refractivity contribution in [2.75, 3.05) is 72.2 Å². The SMILES string of the molecule is CC(=O)OCCOc1ccc(-c2nc3ccc(C(=O)N(CCC4CC4)CCC4CC4)cn3c2CCCN2CCCC2C)cn1.CC(=O)OCCn1cc(-c2nc3ccc(C(=O)N(CCC4CC4)CCC4CC4)cn3c2CCCN2CCCC2C)ccc1=O. The monoisotopic (exact) mass is 1200 g/mol. The maximum atomic E-state index is 13.9. The number of esters is 2. The Morgan fingerprint density at radius 1 is 0.534 bits per heavy atom. The average molecular weight is 1200 g/mol. The van der Waals surface area contributed by atoms with Gasteiger partial charge in [-0.3, -0.25) is 24.0 Å². The Bertz CT molecular complexity index is 3380. The van der Waals surface area contributed by atoms with Crippen LogP contribution in [0.2, 0.25) is 0 Å². The molecule has 2 unspecified atom stereocenters. The van der Waals surface area contributed by atoms with E-state index in [0.29, 0.717) is 23.5 Å². The van der Waals surface area contributed by atoms with Gasteiger partial charge < -0.3 is 47.2 Å². The summed E-state index contributed by atoms with van der Waals surface area (Å²) in [4.78, 5) is 86.6. The second-order valence-electron chi connectivity index (χ2n) is 26.2. The molecule has 0 radical (unpaired) electrons. The summed E-state index contributed by atoms with van der Waals surface area (Å²) in [5, 5.41) is 0. The molecule has 18 nitrogen and oxygen atoms in total. The van der Waals surface area contributed by atoms with E-state index in [1.807, 2.05) is 61.1 Å². The number of likely N-dealkylation sites (tertiary alicyclic amines) is 2. The maximum absolute atomic E-state index is 13.9. The van der Waals surface area contributed by atoms with Crippen molar-refractivity contribution in [3.63, 3.8) is 0 Å². The van der Waals surface area contributed by atoms with Crippen molar-refractivity contribution in [3.8, 4) is 28.4 Å². The van der Waals surface area contributed by atoms with Crippen molar-refractivity contribution < 1.29 is 33.4 Å². The number of hydrogen-bond donors (Lipinski definition) is 0. The minimum Gasteiger partial charge on any atom is -0.474 e. The minimum absolute atomic E-state index is 0.110.